The number of hydrogen-bond donors (Lipinski definition) is 2. The van der Waals surface area contributed by atoms with Gasteiger partial charge >= 0.3 is 0 Å². The first kappa shape index (κ1) is 21.9. The standard InChI is InChI=1S/C19H26FN5S.HI/c1-13-14(2)26-18(23-13)11-22-19(21-3)24-16-7-5-9-25(12-16)17-8-4-6-15(20)10-17;/h4,6,8,10,16H,5,7,9,11-12H2,1-3H3,(H2,21,22,24);1H. The number of thiazole rings is 1. The van der Waals surface area contributed by atoms with Crippen molar-refractivity contribution in [2.24, 2.45) is 4.99 Å². The summed E-state index contributed by atoms with van der Waals surface area (Å²) in [5, 5.41) is 7.90. The van der Waals surface area contributed by atoms with E-state index in [1.54, 1.807) is 30.5 Å². The normalized spacial score (nSPS) is 17.4. The zero-order valence-corrected chi connectivity index (χ0v) is 19.1. The van der Waals surface area contributed by atoms with Crippen molar-refractivity contribution in [1.82, 2.24) is 15.6 Å². The number of aromatic nitrogens is 1. The summed E-state index contributed by atoms with van der Waals surface area (Å²) in [4.78, 5) is 12.4. The molecule has 0 spiro atoms. The van der Waals surface area contributed by atoms with Crippen molar-refractivity contribution in [3.63, 3.8) is 0 Å². The number of piperidine rings is 1. The number of rotatable bonds is 4. The predicted octanol–water partition coefficient (Wildman–Crippen LogP) is 3.85. The van der Waals surface area contributed by atoms with Crippen molar-refractivity contribution in [2.75, 3.05) is 25.0 Å². The van der Waals surface area contributed by atoms with Gasteiger partial charge < -0.3 is 15.5 Å². The summed E-state index contributed by atoms with van der Waals surface area (Å²) >= 11 is 1.71. The molecule has 0 bridgehead atoms. The van der Waals surface area contributed by atoms with Crippen LogP contribution in [-0.4, -0.2) is 37.1 Å². The van der Waals surface area contributed by atoms with Gasteiger partial charge in [-0.2, -0.15) is 0 Å². The molecule has 1 aliphatic heterocycles. The molecule has 1 aliphatic rings. The van der Waals surface area contributed by atoms with E-state index in [-0.39, 0.29) is 35.8 Å². The van der Waals surface area contributed by atoms with E-state index < -0.39 is 0 Å². The van der Waals surface area contributed by atoms with Crippen LogP contribution in [0.3, 0.4) is 0 Å². The topological polar surface area (TPSA) is 52.6 Å². The average molecular weight is 503 g/mol. The van der Waals surface area contributed by atoms with Crippen LogP contribution >= 0.6 is 35.3 Å². The summed E-state index contributed by atoms with van der Waals surface area (Å²) < 4.78 is 13.5. The van der Waals surface area contributed by atoms with Crippen molar-refractivity contribution in [1.29, 1.82) is 0 Å². The minimum atomic E-state index is -0.191. The molecule has 0 saturated carbocycles. The number of benzene rings is 1. The van der Waals surface area contributed by atoms with Gasteiger partial charge in [0.15, 0.2) is 5.96 Å². The fourth-order valence-electron chi connectivity index (χ4n) is 3.16. The van der Waals surface area contributed by atoms with Crippen LogP contribution < -0.4 is 15.5 Å². The Hall–Kier alpha value is -1.42. The Labute approximate surface area is 181 Å². The number of halogens is 2. The molecule has 1 aromatic carbocycles. The zero-order valence-electron chi connectivity index (χ0n) is 16.0. The average Bonchev–Trinajstić information content (AvgIpc) is 2.96. The van der Waals surface area contributed by atoms with E-state index in [1.807, 2.05) is 13.0 Å². The predicted molar refractivity (Wildman–Crippen MR) is 122 cm³/mol. The molecule has 0 amide bonds. The third kappa shape index (κ3) is 6.03. The highest BCUT2D eigenvalue weighted by Crippen LogP contribution is 2.21. The Morgan fingerprint density at radius 2 is 2.22 bits per heavy atom. The Kier molecular flexibility index (Phi) is 8.28. The summed E-state index contributed by atoms with van der Waals surface area (Å²) in [6, 6.07) is 7.09. The van der Waals surface area contributed by atoms with Gasteiger partial charge in [-0.3, -0.25) is 4.99 Å². The SMILES string of the molecule is CN=C(NCc1nc(C)c(C)s1)NC1CCCN(c2cccc(F)c2)C1.I. The fourth-order valence-corrected chi connectivity index (χ4v) is 4.04. The molecule has 0 radical (unpaired) electrons. The summed E-state index contributed by atoms with van der Waals surface area (Å²) in [6.45, 7) is 6.57. The van der Waals surface area contributed by atoms with Crippen molar-refractivity contribution in [3.8, 4) is 0 Å². The fraction of sp³-hybridized carbons (Fsp3) is 0.474. The lowest BCUT2D eigenvalue weighted by molar-refractivity contribution is 0.467. The van der Waals surface area contributed by atoms with Crippen LogP contribution in [0.25, 0.3) is 0 Å². The molecule has 5 nitrogen and oxygen atoms in total. The third-order valence-corrected chi connectivity index (χ3v) is 5.71. The van der Waals surface area contributed by atoms with Gasteiger partial charge in [-0.1, -0.05) is 6.07 Å². The molecule has 0 aliphatic carbocycles. The lowest BCUT2D eigenvalue weighted by atomic mass is 10.0. The van der Waals surface area contributed by atoms with E-state index in [0.29, 0.717) is 6.54 Å². The highest BCUT2D eigenvalue weighted by molar-refractivity contribution is 14.0. The molecule has 2 N–H and O–H groups in total. The Morgan fingerprint density at radius 3 is 2.89 bits per heavy atom. The van der Waals surface area contributed by atoms with Crippen LogP contribution in [0, 0.1) is 19.7 Å². The summed E-state index contributed by atoms with van der Waals surface area (Å²) in [7, 11) is 1.78. The van der Waals surface area contributed by atoms with Gasteiger partial charge in [0.25, 0.3) is 0 Å². The van der Waals surface area contributed by atoms with Crippen LogP contribution in [0.15, 0.2) is 29.3 Å². The van der Waals surface area contributed by atoms with Crippen LogP contribution in [0.5, 0.6) is 0 Å². The van der Waals surface area contributed by atoms with Crippen molar-refractivity contribution in [3.05, 3.63) is 45.7 Å². The van der Waals surface area contributed by atoms with Crippen LogP contribution in [0.2, 0.25) is 0 Å². The second-order valence-electron chi connectivity index (χ2n) is 6.58. The van der Waals surface area contributed by atoms with Gasteiger partial charge in [0.2, 0.25) is 0 Å². The Bertz CT molecular complexity index is 760. The van der Waals surface area contributed by atoms with Gasteiger partial charge in [0.1, 0.15) is 10.8 Å². The molecule has 148 valence electrons. The van der Waals surface area contributed by atoms with Gasteiger partial charge in [0.05, 0.1) is 12.2 Å². The van der Waals surface area contributed by atoms with Crippen molar-refractivity contribution in [2.45, 2.75) is 39.3 Å². The molecular weight excluding hydrogens is 476 g/mol. The number of aryl methyl sites for hydroxylation is 2. The zero-order chi connectivity index (χ0) is 18.5. The molecule has 2 aromatic rings. The number of anilines is 1. The minimum Gasteiger partial charge on any atom is -0.369 e. The maximum Gasteiger partial charge on any atom is 0.191 e. The summed E-state index contributed by atoms with van der Waals surface area (Å²) in [6.07, 6.45) is 2.14. The molecule has 2 heterocycles. The molecule has 1 saturated heterocycles. The number of guanidine groups is 1. The largest absolute Gasteiger partial charge is 0.369 e. The van der Waals surface area contributed by atoms with Gasteiger partial charge in [-0.15, -0.1) is 35.3 Å². The number of aliphatic imine (C=N–C) groups is 1. The summed E-state index contributed by atoms with van der Waals surface area (Å²) in [5.74, 6) is 0.589. The monoisotopic (exact) mass is 503 g/mol. The lowest BCUT2D eigenvalue weighted by Gasteiger charge is -2.35. The summed E-state index contributed by atoms with van der Waals surface area (Å²) in [5.41, 5.74) is 2.03. The van der Waals surface area contributed by atoms with E-state index in [4.69, 9.17) is 0 Å². The molecule has 3 rings (SSSR count). The third-order valence-electron chi connectivity index (χ3n) is 4.64. The Morgan fingerprint density at radius 1 is 1.41 bits per heavy atom. The number of nitrogens with one attached hydrogen (secondary N) is 2. The van der Waals surface area contributed by atoms with Crippen LogP contribution in [-0.2, 0) is 6.54 Å². The quantitative estimate of drug-likeness (QED) is 0.378. The smallest absolute Gasteiger partial charge is 0.191 e. The van der Waals surface area contributed by atoms with E-state index in [2.05, 4.69) is 32.4 Å². The molecular formula is C19H27FIN5S. The maximum absolute atomic E-state index is 13.5. The van der Waals surface area contributed by atoms with Gasteiger partial charge in [-0.25, -0.2) is 9.37 Å². The second kappa shape index (κ2) is 10.2. The molecule has 1 unspecified atom stereocenters. The van der Waals surface area contributed by atoms with E-state index >= 15 is 0 Å². The molecule has 27 heavy (non-hydrogen) atoms. The molecule has 1 fully saturated rings. The maximum atomic E-state index is 13.5. The first-order valence-corrected chi connectivity index (χ1v) is 9.77. The van der Waals surface area contributed by atoms with Crippen LogP contribution in [0.1, 0.15) is 28.4 Å². The van der Waals surface area contributed by atoms with E-state index in [1.165, 1.54) is 10.9 Å². The van der Waals surface area contributed by atoms with Gasteiger partial charge in [0, 0.05) is 36.7 Å². The molecule has 1 aromatic heterocycles. The first-order chi connectivity index (χ1) is 12.5. The van der Waals surface area contributed by atoms with E-state index in [9.17, 15) is 4.39 Å². The Balaban J connectivity index is 0.00000261. The molecule has 8 heteroatoms. The lowest BCUT2D eigenvalue weighted by Crippen LogP contribution is -2.51. The second-order valence-corrected chi connectivity index (χ2v) is 7.87. The van der Waals surface area contributed by atoms with E-state index in [0.717, 1.165) is 48.3 Å². The van der Waals surface area contributed by atoms with Crippen molar-refractivity contribution < 1.29 is 4.39 Å². The molecule has 1 atom stereocenters. The highest BCUT2D eigenvalue weighted by Gasteiger charge is 2.21. The van der Waals surface area contributed by atoms with Crippen LogP contribution in [0.4, 0.5) is 10.1 Å². The van der Waals surface area contributed by atoms with Gasteiger partial charge in [-0.05, 0) is 44.9 Å². The highest BCUT2D eigenvalue weighted by atomic mass is 127. The first-order valence-electron chi connectivity index (χ1n) is 8.95. The number of hydrogen-bond acceptors (Lipinski definition) is 4. The minimum absolute atomic E-state index is 0. The van der Waals surface area contributed by atoms with Crippen molar-refractivity contribution >= 4 is 47.0 Å². The number of nitrogens with zero attached hydrogens (tertiary/aromatic N) is 3.